The van der Waals surface area contributed by atoms with Crippen LogP contribution in [0.5, 0.6) is 0 Å². The first-order valence-electron chi connectivity index (χ1n) is 8.01. The van der Waals surface area contributed by atoms with Crippen LogP contribution in [0.4, 0.5) is 5.82 Å². The highest BCUT2D eigenvalue weighted by Gasteiger charge is 2.28. The van der Waals surface area contributed by atoms with Gasteiger partial charge in [-0.15, -0.1) is 0 Å². The number of likely N-dealkylation sites (N-methyl/N-ethyl adjacent to an activating group) is 1. The SMILES string of the molecule is CCNC(C)C1CCCCN1c1ncnc2ccccc12. The summed E-state index contributed by atoms with van der Waals surface area (Å²) in [4.78, 5) is 11.5. The highest BCUT2D eigenvalue weighted by Crippen LogP contribution is 2.29. The molecule has 4 heteroatoms. The number of nitrogens with zero attached hydrogens (tertiary/aromatic N) is 3. The van der Waals surface area contributed by atoms with Crippen molar-refractivity contribution in [2.45, 2.75) is 45.2 Å². The number of para-hydroxylation sites is 1. The Morgan fingerprint density at radius 2 is 2.14 bits per heavy atom. The zero-order valence-electron chi connectivity index (χ0n) is 12.9. The molecule has 4 nitrogen and oxygen atoms in total. The molecule has 1 fully saturated rings. The summed E-state index contributed by atoms with van der Waals surface area (Å²) < 4.78 is 0. The molecular weight excluding hydrogens is 260 g/mol. The highest BCUT2D eigenvalue weighted by atomic mass is 15.2. The lowest BCUT2D eigenvalue weighted by Gasteiger charge is -2.40. The third kappa shape index (κ3) is 2.86. The van der Waals surface area contributed by atoms with Crippen LogP contribution in [0.15, 0.2) is 30.6 Å². The van der Waals surface area contributed by atoms with Crippen molar-refractivity contribution >= 4 is 16.7 Å². The van der Waals surface area contributed by atoms with Gasteiger partial charge in [0.2, 0.25) is 0 Å². The van der Waals surface area contributed by atoms with Gasteiger partial charge >= 0.3 is 0 Å². The highest BCUT2D eigenvalue weighted by molar-refractivity contribution is 5.89. The van der Waals surface area contributed by atoms with Gasteiger partial charge in [-0.1, -0.05) is 19.1 Å². The molecule has 0 radical (unpaired) electrons. The predicted octanol–water partition coefficient (Wildman–Crippen LogP) is 2.99. The van der Waals surface area contributed by atoms with Crippen LogP contribution in [-0.4, -0.2) is 35.1 Å². The summed E-state index contributed by atoms with van der Waals surface area (Å²) in [7, 11) is 0. The van der Waals surface area contributed by atoms with Gasteiger partial charge < -0.3 is 10.2 Å². The molecule has 2 aromatic rings. The standard InChI is InChI=1S/C17H24N4/c1-3-18-13(2)16-10-6-7-11-21(16)17-14-8-4-5-9-15(14)19-12-20-17/h4-5,8-9,12-13,16,18H,3,6-7,10-11H2,1-2H3. The molecule has 0 spiro atoms. The van der Waals surface area contributed by atoms with Crippen molar-refractivity contribution in [3.8, 4) is 0 Å². The number of aromatic nitrogens is 2. The van der Waals surface area contributed by atoms with Crippen molar-refractivity contribution in [1.82, 2.24) is 15.3 Å². The minimum atomic E-state index is 0.476. The maximum atomic E-state index is 4.61. The van der Waals surface area contributed by atoms with E-state index in [4.69, 9.17) is 0 Å². The number of nitrogens with one attached hydrogen (secondary N) is 1. The van der Waals surface area contributed by atoms with Crippen LogP contribution in [0, 0.1) is 0 Å². The number of rotatable bonds is 4. The van der Waals surface area contributed by atoms with Crippen molar-refractivity contribution < 1.29 is 0 Å². The molecule has 0 bridgehead atoms. The summed E-state index contributed by atoms with van der Waals surface area (Å²) in [6, 6.07) is 9.29. The van der Waals surface area contributed by atoms with Gasteiger partial charge in [-0.25, -0.2) is 9.97 Å². The summed E-state index contributed by atoms with van der Waals surface area (Å²) in [5.74, 6) is 1.09. The van der Waals surface area contributed by atoms with Crippen molar-refractivity contribution in [3.05, 3.63) is 30.6 Å². The first kappa shape index (κ1) is 14.3. The summed E-state index contributed by atoms with van der Waals surface area (Å²) >= 11 is 0. The number of hydrogen-bond acceptors (Lipinski definition) is 4. The van der Waals surface area contributed by atoms with E-state index in [2.05, 4.69) is 52.2 Å². The molecule has 2 atom stereocenters. The average molecular weight is 284 g/mol. The predicted molar refractivity (Wildman–Crippen MR) is 87.7 cm³/mol. The van der Waals surface area contributed by atoms with E-state index in [1.165, 1.54) is 19.3 Å². The Morgan fingerprint density at radius 3 is 3.00 bits per heavy atom. The molecule has 2 unspecified atom stereocenters. The van der Waals surface area contributed by atoms with E-state index >= 15 is 0 Å². The quantitative estimate of drug-likeness (QED) is 0.937. The maximum absolute atomic E-state index is 4.61. The van der Waals surface area contributed by atoms with Gasteiger partial charge in [0.05, 0.1) is 5.52 Å². The number of fused-ring (bicyclic) bond motifs is 1. The molecule has 1 aromatic carbocycles. The Kier molecular flexibility index (Phi) is 4.34. The van der Waals surface area contributed by atoms with Crippen LogP contribution < -0.4 is 10.2 Å². The van der Waals surface area contributed by atoms with Crippen LogP contribution >= 0.6 is 0 Å². The van der Waals surface area contributed by atoms with E-state index in [1.807, 2.05) is 6.07 Å². The van der Waals surface area contributed by atoms with E-state index in [1.54, 1.807) is 6.33 Å². The summed E-state index contributed by atoms with van der Waals surface area (Å²) in [6.45, 7) is 6.55. The topological polar surface area (TPSA) is 41.0 Å². The van der Waals surface area contributed by atoms with Crippen LogP contribution in [0.3, 0.4) is 0 Å². The van der Waals surface area contributed by atoms with Gasteiger partial charge in [-0.2, -0.15) is 0 Å². The first-order chi connectivity index (χ1) is 10.3. The maximum Gasteiger partial charge on any atom is 0.140 e. The van der Waals surface area contributed by atoms with Crippen LogP contribution in [0.25, 0.3) is 10.9 Å². The van der Waals surface area contributed by atoms with E-state index in [0.29, 0.717) is 12.1 Å². The average Bonchev–Trinajstić information content (AvgIpc) is 2.54. The molecule has 3 rings (SSSR count). The van der Waals surface area contributed by atoms with E-state index in [0.717, 1.165) is 29.8 Å². The zero-order chi connectivity index (χ0) is 14.7. The van der Waals surface area contributed by atoms with Crippen LogP contribution in [-0.2, 0) is 0 Å². The Morgan fingerprint density at radius 1 is 1.29 bits per heavy atom. The normalized spacial score (nSPS) is 20.7. The molecule has 1 saturated heterocycles. The van der Waals surface area contributed by atoms with Crippen LogP contribution in [0.2, 0.25) is 0 Å². The summed E-state index contributed by atoms with van der Waals surface area (Å²) in [5, 5.41) is 4.74. The Bertz CT molecular complexity index is 593. The second-order valence-electron chi connectivity index (χ2n) is 5.82. The molecule has 1 aliphatic rings. The number of benzene rings is 1. The van der Waals surface area contributed by atoms with Crippen molar-refractivity contribution in [1.29, 1.82) is 0 Å². The minimum absolute atomic E-state index is 0.476. The molecule has 2 heterocycles. The first-order valence-corrected chi connectivity index (χ1v) is 8.01. The van der Waals surface area contributed by atoms with Gasteiger partial charge in [0.1, 0.15) is 12.1 Å². The fourth-order valence-corrected chi connectivity index (χ4v) is 3.42. The van der Waals surface area contributed by atoms with E-state index in [9.17, 15) is 0 Å². The molecule has 1 aliphatic heterocycles. The zero-order valence-corrected chi connectivity index (χ0v) is 12.9. The lowest BCUT2D eigenvalue weighted by atomic mass is 9.96. The molecule has 1 N–H and O–H groups in total. The van der Waals surface area contributed by atoms with Gasteiger partial charge in [-0.05, 0) is 44.9 Å². The monoisotopic (exact) mass is 284 g/mol. The molecule has 0 aliphatic carbocycles. The number of piperidine rings is 1. The van der Waals surface area contributed by atoms with Gasteiger partial charge in [-0.3, -0.25) is 0 Å². The Balaban J connectivity index is 1.98. The fourth-order valence-electron chi connectivity index (χ4n) is 3.42. The Hall–Kier alpha value is -1.68. The molecule has 1 aromatic heterocycles. The Labute approximate surface area is 126 Å². The van der Waals surface area contributed by atoms with Crippen molar-refractivity contribution in [2.75, 3.05) is 18.0 Å². The molecule has 112 valence electrons. The minimum Gasteiger partial charge on any atom is -0.351 e. The fraction of sp³-hybridized carbons (Fsp3) is 0.529. The van der Waals surface area contributed by atoms with Gasteiger partial charge in [0, 0.05) is 24.0 Å². The van der Waals surface area contributed by atoms with Crippen LogP contribution in [0.1, 0.15) is 33.1 Å². The van der Waals surface area contributed by atoms with E-state index < -0.39 is 0 Å². The second-order valence-corrected chi connectivity index (χ2v) is 5.82. The second kappa shape index (κ2) is 6.39. The van der Waals surface area contributed by atoms with Crippen molar-refractivity contribution in [2.24, 2.45) is 0 Å². The molecule has 0 amide bonds. The largest absolute Gasteiger partial charge is 0.351 e. The smallest absolute Gasteiger partial charge is 0.140 e. The summed E-state index contributed by atoms with van der Waals surface area (Å²) in [5.41, 5.74) is 1.03. The van der Waals surface area contributed by atoms with E-state index in [-0.39, 0.29) is 0 Å². The van der Waals surface area contributed by atoms with Gasteiger partial charge in [0.25, 0.3) is 0 Å². The molecule has 0 saturated carbocycles. The third-order valence-corrected chi connectivity index (χ3v) is 4.45. The molecular formula is C17H24N4. The lowest BCUT2D eigenvalue weighted by Crippen LogP contribution is -2.51. The molecule has 21 heavy (non-hydrogen) atoms. The third-order valence-electron chi connectivity index (χ3n) is 4.45. The lowest BCUT2D eigenvalue weighted by molar-refractivity contribution is 0.371. The number of anilines is 1. The van der Waals surface area contributed by atoms with Crippen molar-refractivity contribution in [3.63, 3.8) is 0 Å². The summed E-state index contributed by atoms with van der Waals surface area (Å²) in [6.07, 6.45) is 5.47. The van der Waals surface area contributed by atoms with Gasteiger partial charge in [0.15, 0.2) is 0 Å². The number of hydrogen-bond donors (Lipinski definition) is 1.